The first kappa shape index (κ1) is 12.6. The molecule has 17 heavy (non-hydrogen) atoms. The van der Waals surface area contributed by atoms with E-state index in [0.29, 0.717) is 5.92 Å². The summed E-state index contributed by atoms with van der Waals surface area (Å²) >= 11 is 0. The van der Waals surface area contributed by atoms with Gasteiger partial charge in [-0.3, -0.25) is 0 Å². The summed E-state index contributed by atoms with van der Waals surface area (Å²) in [5.74, 6) is 1.11. The van der Waals surface area contributed by atoms with Crippen molar-refractivity contribution in [3.63, 3.8) is 0 Å². The molecule has 2 unspecified atom stereocenters. The van der Waals surface area contributed by atoms with Crippen molar-refractivity contribution in [1.82, 2.24) is 0 Å². The molecule has 1 aliphatic rings. The van der Waals surface area contributed by atoms with Crippen molar-refractivity contribution in [1.29, 1.82) is 0 Å². The van der Waals surface area contributed by atoms with Gasteiger partial charge < -0.3 is 5.11 Å². The third-order valence-corrected chi connectivity index (χ3v) is 4.11. The SMILES string of the molecule is CCCC(C)C(O)c1cccc(C2CCC2)c1. The average molecular weight is 232 g/mol. The molecule has 1 heteroatoms. The zero-order valence-corrected chi connectivity index (χ0v) is 11.0. The second-order valence-electron chi connectivity index (χ2n) is 5.51. The average Bonchev–Trinajstić information content (AvgIpc) is 2.26. The van der Waals surface area contributed by atoms with E-state index in [9.17, 15) is 5.11 Å². The van der Waals surface area contributed by atoms with Crippen LogP contribution in [0.5, 0.6) is 0 Å². The van der Waals surface area contributed by atoms with Crippen LogP contribution in [0.1, 0.15) is 69.1 Å². The minimum absolute atomic E-state index is 0.296. The zero-order chi connectivity index (χ0) is 12.3. The third-order valence-electron chi connectivity index (χ3n) is 4.11. The maximum atomic E-state index is 10.3. The van der Waals surface area contributed by atoms with Gasteiger partial charge in [0.25, 0.3) is 0 Å². The van der Waals surface area contributed by atoms with Crippen molar-refractivity contribution in [3.05, 3.63) is 35.4 Å². The number of rotatable bonds is 5. The van der Waals surface area contributed by atoms with Crippen molar-refractivity contribution in [3.8, 4) is 0 Å². The van der Waals surface area contributed by atoms with Crippen LogP contribution in [0.15, 0.2) is 24.3 Å². The Morgan fingerprint density at radius 1 is 1.35 bits per heavy atom. The van der Waals surface area contributed by atoms with Gasteiger partial charge in [0.05, 0.1) is 6.10 Å². The molecule has 1 saturated carbocycles. The maximum absolute atomic E-state index is 10.3. The summed E-state index contributed by atoms with van der Waals surface area (Å²) < 4.78 is 0. The summed E-state index contributed by atoms with van der Waals surface area (Å²) in [6, 6.07) is 8.61. The van der Waals surface area contributed by atoms with Crippen LogP contribution in [0.2, 0.25) is 0 Å². The molecule has 1 N–H and O–H groups in total. The molecule has 2 rings (SSSR count). The molecule has 0 spiro atoms. The van der Waals surface area contributed by atoms with Crippen LogP contribution >= 0.6 is 0 Å². The van der Waals surface area contributed by atoms with E-state index in [4.69, 9.17) is 0 Å². The highest BCUT2D eigenvalue weighted by Gasteiger charge is 2.21. The van der Waals surface area contributed by atoms with Crippen LogP contribution in [0.3, 0.4) is 0 Å². The zero-order valence-electron chi connectivity index (χ0n) is 11.0. The number of benzene rings is 1. The standard InChI is InChI=1S/C16H24O/c1-3-6-12(2)16(17)15-10-5-9-14(11-15)13-7-4-8-13/h5,9-13,16-17H,3-4,6-8H2,1-2H3. The summed E-state index contributed by atoms with van der Waals surface area (Å²) in [5.41, 5.74) is 2.53. The summed E-state index contributed by atoms with van der Waals surface area (Å²) in [7, 11) is 0. The van der Waals surface area contributed by atoms with Crippen LogP contribution in [0.25, 0.3) is 0 Å². The fraction of sp³-hybridized carbons (Fsp3) is 0.625. The highest BCUT2D eigenvalue weighted by Crippen LogP contribution is 2.37. The Morgan fingerprint density at radius 3 is 2.71 bits per heavy atom. The molecule has 1 aromatic rings. The fourth-order valence-electron chi connectivity index (χ4n) is 2.68. The normalized spacial score (nSPS) is 19.7. The predicted octanol–water partition coefficient (Wildman–Crippen LogP) is 4.42. The monoisotopic (exact) mass is 232 g/mol. The maximum Gasteiger partial charge on any atom is 0.0815 e. The molecule has 0 aliphatic heterocycles. The number of aliphatic hydroxyl groups is 1. The molecule has 1 aromatic carbocycles. The van der Waals surface area contributed by atoms with Crippen LogP contribution < -0.4 is 0 Å². The summed E-state index contributed by atoms with van der Waals surface area (Å²) in [4.78, 5) is 0. The topological polar surface area (TPSA) is 20.2 Å². The van der Waals surface area contributed by atoms with Gasteiger partial charge in [-0.05, 0) is 42.2 Å². The van der Waals surface area contributed by atoms with Crippen LogP contribution in [-0.4, -0.2) is 5.11 Å². The summed E-state index contributed by atoms with van der Waals surface area (Å²) in [6.45, 7) is 4.32. The Bertz CT molecular complexity index is 354. The van der Waals surface area contributed by atoms with Crippen molar-refractivity contribution in [2.75, 3.05) is 0 Å². The van der Waals surface area contributed by atoms with Gasteiger partial charge in [0.1, 0.15) is 0 Å². The van der Waals surface area contributed by atoms with E-state index in [1.54, 1.807) is 0 Å². The Morgan fingerprint density at radius 2 is 2.12 bits per heavy atom. The lowest BCUT2D eigenvalue weighted by Crippen LogP contribution is -2.12. The lowest BCUT2D eigenvalue weighted by atomic mass is 9.79. The molecule has 0 bridgehead atoms. The van der Waals surface area contributed by atoms with Crippen LogP contribution in [0.4, 0.5) is 0 Å². The van der Waals surface area contributed by atoms with Gasteiger partial charge in [0, 0.05) is 0 Å². The Balaban J connectivity index is 2.09. The quantitative estimate of drug-likeness (QED) is 0.796. The molecule has 0 radical (unpaired) electrons. The van der Waals surface area contributed by atoms with Gasteiger partial charge in [-0.2, -0.15) is 0 Å². The van der Waals surface area contributed by atoms with Crippen molar-refractivity contribution in [2.24, 2.45) is 5.92 Å². The van der Waals surface area contributed by atoms with Crippen molar-refractivity contribution >= 4 is 0 Å². The molecule has 1 fully saturated rings. The molecule has 94 valence electrons. The summed E-state index contributed by atoms with van der Waals surface area (Å²) in [5, 5.41) is 10.3. The fourth-order valence-corrected chi connectivity index (χ4v) is 2.68. The van der Waals surface area contributed by atoms with E-state index in [-0.39, 0.29) is 6.10 Å². The molecule has 0 saturated heterocycles. The van der Waals surface area contributed by atoms with Gasteiger partial charge in [-0.1, -0.05) is 51.0 Å². The Labute approximate surface area is 105 Å². The van der Waals surface area contributed by atoms with E-state index < -0.39 is 0 Å². The van der Waals surface area contributed by atoms with Gasteiger partial charge >= 0.3 is 0 Å². The minimum Gasteiger partial charge on any atom is -0.388 e. The third kappa shape index (κ3) is 2.90. The van der Waals surface area contributed by atoms with E-state index >= 15 is 0 Å². The molecule has 0 amide bonds. The molecule has 0 aromatic heterocycles. The number of hydrogen-bond donors (Lipinski definition) is 1. The second kappa shape index (κ2) is 5.68. The Kier molecular flexibility index (Phi) is 4.22. The van der Waals surface area contributed by atoms with E-state index in [0.717, 1.165) is 24.3 Å². The van der Waals surface area contributed by atoms with Gasteiger partial charge in [-0.25, -0.2) is 0 Å². The van der Waals surface area contributed by atoms with E-state index in [2.05, 4.69) is 38.1 Å². The summed E-state index contributed by atoms with van der Waals surface area (Å²) in [6.07, 6.45) is 5.95. The molecular formula is C16H24O. The van der Waals surface area contributed by atoms with Crippen LogP contribution in [-0.2, 0) is 0 Å². The van der Waals surface area contributed by atoms with E-state index in [1.165, 1.54) is 24.8 Å². The lowest BCUT2D eigenvalue weighted by molar-refractivity contribution is 0.112. The molecule has 1 nitrogen and oxygen atoms in total. The number of aliphatic hydroxyl groups excluding tert-OH is 1. The first-order valence-electron chi connectivity index (χ1n) is 7.00. The molecule has 1 aliphatic carbocycles. The van der Waals surface area contributed by atoms with Crippen molar-refractivity contribution in [2.45, 2.75) is 58.0 Å². The lowest BCUT2D eigenvalue weighted by Gasteiger charge is -2.27. The molecule has 2 atom stereocenters. The molecular weight excluding hydrogens is 208 g/mol. The van der Waals surface area contributed by atoms with E-state index in [1.807, 2.05) is 0 Å². The largest absolute Gasteiger partial charge is 0.388 e. The predicted molar refractivity (Wildman–Crippen MR) is 72.1 cm³/mol. The smallest absolute Gasteiger partial charge is 0.0815 e. The van der Waals surface area contributed by atoms with Gasteiger partial charge in [0.2, 0.25) is 0 Å². The highest BCUT2D eigenvalue weighted by atomic mass is 16.3. The Hall–Kier alpha value is -0.820. The second-order valence-corrected chi connectivity index (χ2v) is 5.51. The highest BCUT2D eigenvalue weighted by molar-refractivity contribution is 5.29. The van der Waals surface area contributed by atoms with Gasteiger partial charge in [-0.15, -0.1) is 0 Å². The minimum atomic E-state index is -0.296. The molecule has 0 heterocycles. The number of hydrogen-bond acceptors (Lipinski definition) is 1. The van der Waals surface area contributed by atoms with Crippen molar-refractivity contribution < 1.29 is 5.11 Å². The van der Waals surface area contributed by atoms with Crippen LogP contribution in [0, 0.1) is 5.92 Å². The van der Waals surface area contributed by atoms with Gasteiger partial charge in [0.15, 0.2) is 0 Å². The first-order valence-corrected chi connectivity index (χ1v) is 7.00. The first-order chi connectivity index (χ1) is 8.22.